The molecular weight excluding hydrogens is 303 g/mol. The normalized spacial score (nSPS) is 15.2. The Bertz CT molecular complexity index is 574. The van der Waals surface area contributed by atoms with Crippen LogP contribution in [0.4, 0.5) is 19.8 Å². The number of piperidine rings is 1. The first-order valence-electron chi connectivity index (χ1n) is 7.41. The van der Waals surface area contributed by atoms with Gasteiger partial charge < -0.3 is 14.5 Å². The molecule has 1 fully saturated rings. The van der Waals surface area contributed by atoms with E-state index in [1.807, 2.05) is 0 Å². The van der Waals surface area contributed by atoms with Gasteiger partial charge in [0.1, 0.15) is 6.10 Å². The molecule has 3 amide bonds. The topological polar surface area (TPSA) is 66.0 Å². The van der Waals surface area contributed by atoms with Crippen molar-refractivity contribution in [3.8, 4) is 0 Å². The van der Waals surface area contributed by atoms with Crippen molar-refractivity contribution in [3.63, 3.8) is 0 Å². The van der Waals surface area contributed by atoms with E-state index in [0.29, 0.717) is 25.9 Å². The summed E-state index contributed by atoms with van der Waals surface area (Å²) in [6.45, 7) is 0.895. The lowest BCUT2D eigenvalue weighted by atomic mass is 10.1. The summed E-state index contributed by atoms with van der Waals surface area (Å²) in [7, 11) is 4.74. The van der Waals surface area contributed by atoms with Crippen LogP contribution in [0.15, 0.2) is 18.3 Å². The molecule has 23 heavy (non-hydrogen) atoms. The highest BCUT2D eigenvalue weighted by molar-refractivity contribution is 5.90. The Morgan fingerprint density at radius 2 is 1.96 bits per heavy atom. The number of nitrogens with zero attached hydrogens (tertiary/aromatic N) is 4. The van der Waals surface area contributed by atoms with Gasteiger partial charge in [-0.15, -0.1) is 0 Å². The van der Waals surface area contributed by atoms with Gasteiger partial charge in [0, 0.05) is 53.3 Å². The summed E-state index contributed by atoms with van der Waals surface area (Å²) in [5.74, 6) is -0.545. The van der Waals surface area contributed by atoms with Crippen molar-refractivity contribution in [3.05, 3.63) is 24.1 Å². The first kappa shape index (κ1) is 17.0. The van der Waals surface area contributed by atoms with Crippen molar-refractivity contribution in [1.82, 2.24) is 14.8 Å². The number of pyridine rings is 1. The fraction of sp³-hybridized carbons (Fsp3) is 0.533. The van der Waals surface area contributed by atoms with Gasteiger partial charge in [-0.3, -0.25) is 4.90 Å². The Hall–Kier alpha value is -2.38. The SMILES string of the molecule is CN(C)C(=O)OC1CCN(C(=O)N(C)c2ncccc2F)CC1. The maximum atomic E-state index is 13.7. The number of amides is 3. The average Bonchev–Trinajstić information content (AvgIpc) is 2.54. The number of ether oxygens (including phenoxy) is 1. The van der Waals surface area contributed by atoms with E-state index in [1.54, 1.807) is 19.0 Å². The van der Waals surface area contributed by atoms with Gasteiger partial charge in [0.15, 0.2) is 11.6 Å². The van der Waals surface area contributed by atoms with Crippen molar-refractivity contribution >= 4 is 17.9 Å². The predicted octanol–water partition coefficient (Wildman–Crippen LogP) is 1.94. The molecule has 0 saturated carbocycles. The molecule has 0 aromatic carbocycles. The van der Waals surface area contributed by atoms with Gasteiger partial charge in [0.25, 0.3) is 0 Å². The molecule has 0 bridgehead atoms. The number of carbonyl (C=O) groups excluding carboxylic acids is 2. The number of anilines is 1. The van der Waals surface area contributed by atoms with E-state index in [9.17, 15) is 14.0 Å². The van der Waals surface area contributed by atoms with Gasteiger partial charge in [-0.25, -0.2) is 19.0 Å². The number of carbonyl (C=O) groups is 2. The van der Waals surface area contributed by atoms with E-state index in [2.05, 4.69) is 4.98 Å². The van der Waals surface area contributed by atoms with E-state index >= 15 is 0 Å². The van der Waals surface area contributed by atoms with Gasteiger partial charge in [0.05, 0.1) is 0 Å². The molecule has 126 valence electrons. The lowest BCUT2D eigenvalue weighted by Crippen LogP contribution is -2.47. The Kier molecular flexibility index (Phi) is 5.36. The van der Waals surface area contributed by atoms with Crippen LogP contribution in [0.3, 0.4) is 0 Å². The van der Waals surface area contributed by atoms with Crippen LogP contribution < -0.4 is 4.90 Å². The molecular formula is C15H21FN4O3. The second kappa shape index (κ2) is 7.26. The molecule has 0 N–H and O–H groups in total. The van der Waals surface area contributed by atoms with E-state index < -0.39 is 5.82 Å². The average molecular weight is 324 g/mol. The quantitative estimate of drug-likeness (QED) is 0.834. The smallest absolute Gasteiger partial charge is 0.409 e. The molecule has 0 atom stereocenters. The summed E-state index contributed by atoms with van der Waals surface area (Å²) in [4.78, 5) is 32.0. The second-order valence-electron chi connectivity index (χ2n) is 5.62. The Morgan fingerprint density at radius 3 is 2.52 bits per heavy atom. The van der Waals surface area contributed by atoms with E-state index in [-0.39, 0.29) is 24.0 Å². The molecule has 2 heterocycles. The zero-order valence-electron chi connectivity index (χ0n) is 13.5. The molecule has 7 nitrogen and oxygen atoms in total. The van der Waals surface area contributed by atoms with Crippen LogP contribution in [0, 0.1) is 5.82 Å². The zero-order valence-corrected chi connectivity index (χ0v) is 13.5. The van der Waals surface area contributed by atoms with E-state index in [1.165, 1.54) is 35.2 Å². The van der Waals surface area contributed by atoms with Gasteiger partial charge in [-0.05, 0) is 12.1 Å². The number of rotatable bonds is 2. The van der Waals surface area contributed by atoms with Gasteiger partial charge in [-0.1, -0.05) is 0 Å². The van der Waals surface area contributed by atoms with E-state index in [0.717, 1.165) is 0 Å². The monoisotopic (exact) mass is 324 g/mol. The molecule has 1 saturated heterocycles. The molecule has 0 radical (unpaired) electrons. The molecule has 0 unspecified atom stereocenters. The summed E-state index contributed by atoms with van der Waals surface area (Å²) in [6.07, 6.45) is 1.97. The minimum Gasteiger partial charge on any atom is -0.446 e. The number of aromatic nitrogens is 1. The minimum absolute atomic E-state index is 0.00124. The van der Waals surface area contributed by atoms with Crippen LogP contribution in [-0.4, -0.2) is 67.2 Å². The lowest BCUT2D eigenvalue weighted by molar-refractivity contribution is 0.0436. The fourth-order valence-corrected chi connectivity index (χ4v) is 2.34. The van der Waals surface area contributed by atoms with Crippen molar-refractivity contribution < 1.29 is 18.7 Å². The standard InChI is InChI=1S/C15H21FN4O3/c1-18(2)15(22)23-11-6-9-20(10-7-11)14(21)19(3)13-12(16)5-4-8-17-13/h4-5,8,11H,6-7,9-10H2,1-3H3. The van der Waals surface area contributed by atoms with Crippen LogP contribution in [0.5, 0.6) is 0 Å². The fourth-order valence-electron chi connectivity index (χ4n) is 2.34. The maximum Gasteiger partial charge on any atom is 0.409 e. The van der Waals surface area contributed by atoms with Crippen LogP contribution in [0.1, 0.15) is 12.8 Å². The summed E-state index contributed by atoms with van der Waals surface area (Å²) < 4.78 is 19.0. The van der Waals surface area contributed by atoms with Crippen LogP contribution in [-0.2, 0) is 4.74 Å². The molecule has 1 aliphatic rings. The Labute approximate surface area is 134 Å². The predicted molar refractivity (Wildman–Crippen MR) is 82.8 cm³/mol. The lowest BCUT2D eigenvalue weighted by Gasteiger charge is -2.34. The highest BCUT2D eigenvalue weighted by atomic mass is 19.1. The number of halogens is 1. The first-order valence-corrected chi connectivity index (χ1v) is 7.41. The Balaban J connectivity index is 1.91. The molecule has 0 aliphatic carbocycles. The van der Waals surface area contributed by atoms with Crippen molar-refractivity contribution in [2.45, 2.75) is 18.9 Å². The number of hydrogen-bond acceptors (Lipinski definition) is 4. The zero-order chi connectivity index (χ0) is 17.0. The molecule has 8 heteroatoms. The third kappa shape index (κ3) is 4.08. The molecule has 0 spiro atoms. The third-order valence-electron chi connectivity index (χ3n) is 3.69. The number of likely N-dealkylation sites (tertiary alicyclic amines) is 1. The van der Waals surface area contributed by atoms with Crippen molar-refractivity contribution in [2.24, 2.45) is 0 Å². The maximum absolute atomic E-state index is 13.7. The minimum atomic E-state index is -0.543. The summed E-state index contributed by atoms with van der Waals surface area (Å²) >= 11 is 0. The second-order valence-corrected chi connectivity index (χ2v) is 5.62. The summed E-state index contributed by atoms with van der Waals surface area (Å²) in [5.41, 5.74) is 0. The van der Waals surface area contributed by atoms with Gasteiger partial charge in [-0.2, -0.15) is 0 Å². The van der Waals surface area contributed by atoms with Crippen LogP contribution in [0.2, 0.25) is 0 Å². The summed E-state index contributed by atoms with van der Waals surface area (Å²) in [6, 6.07) is 2.42. The van der Waals surface area contributed by atoms with Crippen molar-refractivity contribution in [2.75, 3.05) is 39.1 Å². The van der Waals surface area contributed by atoms with Crippen LogP contribution >= 0.6 is 0 Å². The van der Waals surface area contributed by atoms with E-state index in [4.69, 9.17) is 4.74 Å². The van der Waals surface area contributed by atoms with Gasteiger partial charge >= 0.3 is 12.1 Å². The molecule has 2 rings (SSSR count). The third-order valence-corrected chi connectivity index (χ3v) is 3.69. The van der Waals surface area contributed by atoms with Gasteiger partial charge in [0.2, 0.25) is 0 Å². The Morgan fingerprint density at radius 1 is 1.30 bits per heavy atom. The van der Waals surface area contributed by atoms with Crippen LogP contribution in [0.25, 0.3) is 0 Å². The number of hydrogen-bond donors (Lipinski definition) is 0. The van der Waals surface area contributed by atoms with Crippen molar-refractivity contribution in [1.29, 1.82) is 0 Å². The molecule has 1 aromatic rings. The highest BCUT2D eigenvalue weighted by Gasteiger charge is 2.28. The first-order chi connectivity index (χ1) is 10.9. The summed E-state index contributed by atoms with van der Waals surface area (Å²) in [5, 5.41) is 0. The molecule has 1 aliphatic heterocycles. The highest BCUT2D eigenvalue weighted by Crippen LogP contribution is 2.19. The largest absolute Gasteiger partial charge is 0.446 e. The number of urea groups is 1. The molecule has 1 aromatic heterocycles.